The number of carboxylic acid groups (broad SMARTS) is 1. The van der Waals surface area contributed by atoms with Crippen molar-refractivity contribution in [2.45, 2.75) is 32.2 Å². The second kappa shape index (κ2) is 8.02. The fraction of sp³-hybridized carbons (Fsp3) is 0.261. The summed E-state index contributed by atoms with van der Waals surface area (Å²) in [7, 11) is 0. The van der Waals surface area contributed by atoms with Crippen LogP contribution >= 0.6 is 0 Å². The van der Waals surface area contributed by atoms with E-state index in [1.54, 1.807) is 13.8 Å². The van der Waals surface area contributed by atoms with Crippen LogP contribution in [-0.4, -0.2) is 35.0 Å². The summed E-state index contributed by atoms with van der Waals surface area (Å²) in [6.07, 6.45) is -0.697. The van der Waals surface area contributed by atoms with Crippen molar-refractivity contribution in [2.75, 3.05) is 6.61 Å². The number of aliphatic carboxylic acids is 1. The minimum absolute atomic E-state index is 0.0701. The molecule has 1 heterocycles. The van der Waals surface area contributed by atoms with Crippen molar-refractivity contribution in [1.29, 1.82) is 0 Å². The number of aryl methyl sites for hydroxylation is 2. The van der Waals surface area contributed by atoms with Crippen LogP contribution in [-0.2, 0) is 16.0 Å². The van der Waals surface area contributed by atoms with Gasteiger partial charge in [0.05, 0.1) is 5.69 Å². The van der Waals surface area contributed by atoms with E-state index in [-0.39, 0.29) is 18.9 Å². The van der Waals surface area contributed by atoms with Gasteiger partial charge in [-0.05, 0) is 36.1 Å². The number of fused-ring (bicyclic) bond motifs is 3. The van der Waals surface area contributed by atoms with E-state index < -0.39 is 18.1 Å². The highest BCUT2D eigenvalue weighted by Gasteiger charge is 2.30. The summed E-state index contributed by atoms with van der Waals surface area (Å²) in [5.74, 6) is -0.703. The van der Waals surface area contributed by atoms with Crippen LogP contribution in [0.15, 0.2) is 53.1 Å². The molecular formula is C23H22N2O5. The number of amides is 1. The molecule has 30 heavy (non-hydrogen) atoms. The fourth-order valence-electron chi connectivity index (χ4n) is 3.98. The Hall–Kier alpha value is -3.61. The number of carbonyl (C=O) groups excluding carboxylic acids is 1. The number of carbonyl (C=O) groups is 2. The number of benzene rings is 2. The van der Waals surface area contributed by atoms with E-state index in [1.165, 1.54) is 0 Å². The van der Waals surface area contributed by atoms with Gasteiger partial charge in [0.1, 0.15) is 18.4 Å². The standard InChI is InChI=1S/C23H22N2O5/c1-13-19(14(2)30-25-13)11-21(22(26)27)24-23(28)29-12-20-17-9-5-3-7-15(17)16-8-4-6-10-18(16)20/h3-10,20-21H,11-12H2,1-2H3,(H,24,28)(H,26,27). The number of nitrogens with one attached hydrogen (secondary N) is 1. The van der Waals surface area contributed by atoms with Gasteiger partial charge < -0.3 is 19.7 Å². The number of aromatic nitrogens is 1. The molecule has 0 fully saturated rings. The summed E-state index contributed by atoms with van der Waals surface area (Å²) in [5.41, 5.74) is 5.72. The Balaban J connectivity index is 1.45. The third-order valence-electron chi connectivity index (χ3n) is 5.52. The zero-order valence-electron chi connectivity index (χ0n) is 16.7. The minimum atomic E-state index is -1.15. The summed E-state index contributed by atoms with van der Waals surface area (Å²) in [5, 5.41) is 15.8. The molecule has 1 aliphatic carbocycles. The van der Waals surface area contributed by atoms with Crippen molar-refractivity contribution in [1.82, 2.24) is 10.5 Å². The number of carboxylic acids is 1. The van der Waals surface area contributed by atoms with Crippen LogP contribution in [0.1, 0.15) is 34.1 Å². The molecule has 0 aliphatic heterocycles. The Bertz CT molecular complexity index is 1040. The normalized spacial score (nSPS) is 13.4. The second-order valence-corrected chi connectivity index (χ2v) is 7.37. The largest absolute Gasteiger partial charge is 0.480 e. The van der Waals surface area contributed by atoms with Crippen LogP contribution < -0.4 is 5.32 Å². The van der Waals surface area contributed by atoms with Crippen molar-refractivity contribution >= 4 is 12.1 Å². The van der Waals surface area contributed by atoms with E-state index in [0.29, 0.717) is 17.0 Å². The Labute approximate surface area is 173 Å². The van der Waals surface area contributed by atoms with Gasteiger partial charge in [-0.1, -0.05) is 53.7 Å². The smallest absolute Gasteiger partial charge is 0.407 e. The van der Waals surface area contributed by atoms with E-state index in [1.807, 2.05) is 36.4 Å². The molecule has 1 atom stereocenters. The van der Waals surface area contributed by atoms with Crippen molar-refractivity contribution in [3.8, 4) is 11.1 Å². The molecule has 7 heteroatoms. The highest BCUT2D eigenvalue weighted by atomic mass is 16.5. The molecule has 4 rings (SSSR count). The number of hydrogen-bond donors (Lipinski definition) is 2. The van der Waals surface area contributed by atoms with Gasteiger partial charge in [-0.2, -0.15) is 0 Å². The first-order chi connectivity index (χ1) is 14.5. The maximum absolute atomic E-state index is 12.4. The first-order valence-corrected chi connectivity index (χ1v) is 9.71. The van der Waals surface area contributed by atoms with Crippen molar-refractivity contribution in [3.63, 3.8) is 0 Å². The van der Waals surface area contributed by atoms with Gasteiger partial charge in [0.2, 0.25) is 0 Å². The van der Waals surface area contributed by atoms with Crippen LogP contribution in [0.2, 0.25) is 0 Å². The first-order valence-electron chi connectivity index (χ1n) is 9.71. The van der Waals surface area contributed by atoms with Crippen LogP contribution in [0, 0.1) is 13.8 Å². The summed E-state index contributed by atoms with van der Waals surface area (Å²) in [6, 6.07) is 14.9. The van der Waals surface area contributed by atoms with E-state index >= 15 is 0 Å². The van der Waals surface area contributed by atoms with E-state index in [9.17, 15) is 14.7 Å². The van der Waals surface area contributed by atoms with Gasteiger partial charge in [-0.15, -0.1) is 0 Å². The number of hydrogen-bond acceptors (Lipinski definition) is 5. The summed E-state index contributed by atoms with van der Waals surface area (Å²) < 4.78 is 10.5. The lowest BCUT2D eigenvalue weighted by atomic mass is 9.98. The van der Waals surface area contributed by atoms with Crippen molar-refractivity contribution < 1.29 is 24.0 Å². The topological polar surface area (TPSA) is 102 Å². The molecule has 0 radical (unpaired) electrons. The SMILES string of the molecule is Cc1noc(C)c1CC(NC(=O)OCC1c2ccccc2-c2ccccc21)C(=O)O. The van der Waals surface area contributed by atoms with Crippen LogP contribution in [0.4, 0.5) is 4.79 Å². The lowest BCUT2D eigenvalue weighted by Gasteiger charge is -2.17. The molecule has 1 unspecified atom stereocenters. The van der Waals surface area contributed by atoms with Gasteiger partial charge in [0.15, 0.2) is 0 Å². The average Bonchev–Trinajstić information content (AvgIpc) is 3.23. The predicted octanol–water partition coefficient (Wildman–Crippen LogP) is 3.83. The number of rotatable bonds is 6. The maximum atomic E-state index is 12.4. The van der Waals surface area contributed by atoms with Crippen molar-refractivity contribution in [3.05, 3.63) is 76.7 Å². The maximum Gasteiger partial charge on any atom is 0.407 e. The molecule has 2 aromatic carbocycles. The molecule has 0 spiro atoms. The van der Waals surface area contributed by atoms with Gasteiger partial charge >= 0.3 is 12.1 Å². The Morgan fingerprint density at radius 3 is 2.23 bits per heavy atom. The third kappa shape index (κ3) is 3.66. The lowest BCUT2D eigenvalue weighted by molar-refractivity contribution is -0.139. The molecule has 0 bridgehead atoms. The first kappa shape index (κ1) is 19.7. The number of nitrogens with zero attached hydrogens (tertiary/aromatic N) is 1. The number of alkyl carbamates (subject to hydrolysis) is 1. The summed E-state index contributed by atoms with van der Waals surface area (Å²) in [4.78, 5) is 24.1. The van der Waals surface area contributed by atoms with Crippen LogP contribution in [0.25, 0.3) is 11.1 Å². The molecule has 1 aromatic heterocycles. The van der Waals surface area contributed by atoms with Gasteiger partial charge in [0.25, 0.3) is 0 Å². The zero-order chi connectivity index (χ0) is 21.3. The molecule has 2 N–H and O–H groups in total. The van der Waals surface area contributed by atoms with Gasteiger partial charge in [0, 0.05) is 17.9 Å². The summed E-state index contributed by atoms with van der Waals surface area (Å²) in [6.45, 7) is 3.57. The van der Waals surface area contributed by atoms with E-state index in [2.05, 4.69) is 22.6 Å². The molecule has 154 valence electrons. The molecule has 0 saturated heterocycles. The second-order valence-electron chi connectivity index (χ2n) is 7.37. The minimum Gasteiger partial charge on any atom is -0.480 e. The molecular weight excluding hydrogens is 384 g/mol. The average molecular weight is 406 g/mol. The lowest BCUT2D eigenvalue weighted by Crippen LogP contribution is -2.43. The molecule has 0 saturated carbocycles. The molecule has 1 aliphatic rings. The van der Waals surface area contributed by atoms with Crippen molar-refractivity contribution in [2.24, 2.45) is 0 Å². The van der Waals surface area contributed by atoms with Crippen LogP contribution in [0.5, 0.6) is 0 Å². The molecule has 1 amide bonds. The van der Waals surface area contributed by atoms with Crippen LogP contribution in [0.3, 0.4) is 0 Å². The summed E-state index contributed by atoms with van der Waals surface area (Å²) >= 11 is 0. The van der Waals surface area contributed by atoms with E-state index in [4.69, 9.17) is 9.26 Å². The zero-order valence-corrected chi connectivity index (χ0v) is 16.7. The third-order valence-corrected chi connectivity index (χ3v) is 5.52. The highest BCUT2D eigenvalue weighted by Crippen LogP contribution is 2.44. The molecule has 3 aromatic rings. The Morgan fingerprint density at radius 1 is 1.10 bits per heavy atom. The van der Waals surface area contributed by atoms with E-state index in [0.717, 1.165) is 22.3 Å². The van der Waals surface area contributed by atoms with Gasteiger partial charge in [-0.25, -0.2) is 9.59 Å². The Kier molecular flexibility index (Phi) is 5.27. The predicted molar refractivity (Wildman–Crippen MR) is 109 cm³/mol. The Morgan fingerprint density at radius 2 is 1.70 bits per heavy atom. The monoisotopic (exact) mass is 406 g/mol. The highest BCUT2D eigenvalue weighted by molar-refractivity contribution is 5.81. The number of ether oxygens (including phenoxy) is 1. The quantitative estimate of drug-likeness (QED) is 0.645. The van der Waals surface area contributed by atoms with Gasteiger partial charge in [-0.3, -0.25) is 0 Å². The fourth-order valence-corrected chi connectivity index (χ4v) is 3.98. The molecule has 7 nitrogen and oxygen atoms in total.